The minimum absolute atomic E-state index is 0.631. The van der Waals surface area contributed by atoms with Crippen LogP contribution in [0.1, 0.15) is 12.8 Å². The fourth-order valence-electron chi connectivity index (χ4n) is 2.68. The summed E-state index contributed by atoms with van der Waals surface area (Å²) in [7, 11) is 0. The van der Waals surface area contributed by atoms with Crippen LogP contribution in [0, 0.1) is 0 Å². The van der Waals surface area contributed by atoms with Crippen molar-refractivity contribution in [1.29, 1.82) is 0 Å². The Labute approximate surface area is 139 Å². The van der Waals surface area contributed by atoms with Gasteiger partial charge in [-0.05, 0) is 37.3 Å². The number of thioether (sulfide) groups is 1. The average Bonchev–Trinajstić information content (AvgIpc) is 3.14. The highest BCUT2D eigenvalue weighted by atomic mass is 32.2. The lowest BCUT2D eigenvalue weighted by atomic mass is 10.3. The first-order valence-electron chi connectivity index (χ1n) is 7.63. The fourth-order valence-corrected chi connectivity index (χ4v) is 3.82. The van der Waals surface area contributed by atoms with E-state index in [1.165, 1.54) is 15.6 Å². The first-order valence-corrected chi connectivity index (χ1v) is 8.45. The van der Waals surface area contributed by atoms with E-state index >= 15 is 0 Å². The summed E-state index contributed by atoms with van der Waals surface area (Å²) in [6.45, 7) is 3.12. The van der Waals surface area contributed by atoms with E-state index in [-0.39, 0.29) is 0 Å². The molecule has 114 valence electrons. The molecule has 1 aliphatic heterocycles. The van der Waals surface area contributed by atoms with Crippen LogP contribution in [0.2, 0.25) is 0 Å². The van der Waals surface area contributed by atoms with E-state index in [1.54, 1.807) is 11.8 Å². The third-order valence-electron chi connectivity index (χ3n) is 3.74. The topological polar surface area (TPSA) is 29.3 Å². The van der Waals surface area contributed by atoms with Crippen molar-refractivity contribution in [2.45, 2.75) is 11.8 Å². The predicted molar refractivity (Wildman–Crippen MR) is 96.4 cm³/mol. The second kappa shape index (κ2) is 5.97. The Bertz CT molecular complexity index is 877. The van der Waals surface area contributed by atoms with Gasteiger partial charge in [0.2, 0.25) is 5.89 Å². The summed E-state index contributed by atoms with van der Waals surface area (Å²) in [6.07, 6.45) is 6.02. The maximum atomic E-state index is 5.70. The van der Waals surface area contributed by atoms with Crippen molar-refractivity contribution >= 4 is 34.6 Å². The molecule has 2 heterocycles. The molecular formula is C19H16N2OS. The van der Waals surface area contributed by atoms with Crippen LogP contribution >= 0.6 is 11.8 Å². The molecule has 1 aromatic heterocycles. The molecule has 0 amide bonds. The number of aromatic nitrogens is 1. The zero-order valence-electron chi connectivity index (χ0n) is 12.8. The molecule has 0 saturated heterocycles. The molecule has 4 heteroatoms. The first-order chi connectivity index (χ1) is 11.3. The normalized spacial score (nSPS) is 15.9. The van der Waals surface area contributed by atoms with Crippen LogP contribution in [-0.4, -0.2) is 11.5 Å². The van der Waals surface area contributed by atoms with E-state index in [9.17, 15) is 0 Å². The number of fused-ring (bicyclic) bond motifs is 2. The predicted octanol–water partition coefficient (Wildman–Crippen LogP) is 5.31. The number of hydrogen-bond donors (Lipinski definition) is 0. The third-order valence-corrected chi connectivity index (χ3v) is 4.87. The van der Waals surface area contributed by atoms with Gasteiger partial charge in [0.1, 0.15) is 5.52 Å². The van der Waals surface area contributed by atoms with Gasteiger partial charge in [0.25, 0.3) is 0 Å². The van der Waals surface area contributed by atoms with Gasteiger partial charge in [0, 0.05) is 17.5 Å². The molecule has 2 aromatic carbocycles. The van der Waals surface area contributed by atoms with Crippen molar-refractivity contribution in [1.82, 2.24) is 4.98 Å². The van der Waals surface area contributed by atoms with Crippen LogP contribution in [0.5, 0.6) is 0 Å². The number of rotatable bonds is 3. The molecule has 1 aliphatic rings. The second-order valence-electron chi connectivity index (χ2n) is 5.20. The van der Waals surface area contributed by atoms with Crippen LogP contribution in [-0.2, 0) is 0 Å². The number of nitrogens with zero attached hydrogens (tertiary/aromatic N) is 2. The van der Waals surface area contributed by atoms with E-state index in [0.717, 1.165) is 17.6 Å². The summed E-state index contributed by atoms with van der Waals surface area (Å²) >= 11 is 1.79. The number of hydrogen-bond acceptors (Lipinski definition) is 4. The van der Waals surface area contributed by atoms with Crippen molar-refractivity contribution < 1.29 is 4.42 Å². The molecule has 3 aromatic rings. The van der Waals surface area contributed by atoms with Crippen LogP contribution < -0.4 is 4.90 Å². The Kier molecular flexibility index (Phi) is 3.67. The molecule has 0 N–H and O–H groups in total. The van der Waals surface area contributed by atoms with Crippen LogP contribution in [0.15, 0.2) is 75.0 Å². The number of para-hydroxylation sites is 3. The number of oxazole rings is 1. The molecule has 4 rings (SSSR count). The Balaban J connectivity index is 1.59. The minimum Gasteiger partial charge on any atom is -0.437 e. The highest BCUT2D eigenvalue weighted by molar-refractivity contribution is 8.03. The van der Waals surface area contributed by atoms with Gasteiger partial charge in [0.15, 0.2) is 5.58 Å². The summed E-state index contributed by atoms with van der Waals surface area (Å²) in [5, 5.41) is 1.22. The molecule has 0 saturated carbocycles. The molecule has 0 spiro atoms. The lowest BCUT2D eigenvalue weighted by molar-refractivity contribution is 0.589. The maximum absolute atomic E-state index is 5.70. The summed E-state index contributed by atoms with van der Waals surface area (Å²) < 4.78 is 5.70. The average molecular weight is 320 g/mol. The van der Waals surface area contributed by atoms with Gasteiger partial charge in [0.05, 0.1) is 10.7 Å². The Morgan fingerprint density at radius 3 is 2.83 bits per heavy atom. The Morgan fingerprint density at radius 1 is 1.13 bits per heavy atom. The lowest BCUT2D eigenvalue weighted by Gasteiger charge is -2.17. The highest BCUT2D eigenvalue weighted by Gasteiger charge is 2.22. The SMILES string of the molecule is CCN1C(=CC=Cc2nc3ccccc3o2)Sc2ccccc21. The van der Waals surface area contributed by atoms with Gasteiger partial charge in [-0.25, -0.2) is 4.98 Å². The smallest absolute Gasteiger partial charge is 0.219 e. The minimum atomic E-state index is 0.631. The standard InChI is InChI=1S/C19H16N2OS/c1-2-21-15-9-4-6-11-17(15)23-19(21)13-7-12-18-20-14-8-3-5-10-16(14)22-18/h3-13H,2H2,1H3. The van der Waals surface area contributed by atoms with Gasteiger partial charge < -0.3 is 9.32 Å². The number of allylic oxidation sites excluding steroid dienone is 2. The van der Waals surface area contributed by atoms with E-state index in [0.29, 0.717) is 5.89 Å². The summed E-state index contributed by atoms with van der Waals surface area (Å²) in [5.74, 6) is 0.631. The van der Waals surface area contributed by atoms with Crippen LogP contribution in [0.3, 0.4) is 0 Å². The number of benzene rings is 2. The zero-order chi connectivity index (χ0) is 15.6. The lowest BCUT2D eigenvalue weighted by Crippen LogP contribution is -2.16. The van der Waals surface area contributed by atoms with Crippen LogP contribution in [0.4, 0.5) is 5.69 Å². The van der Waals surface area contributed by atoms with Crippen molar-refractivity contribution in [3.05, 3.63) is 71.6 Å². The van der Waals surface area contributed by atoms with E-state index in [2.05, 4.69) is 47.1 Å². The van der Waals surface area contributed by atoms with Gasteiger partial charge >= 0.3 is 0 Å². The zero-order valence-corrected chi connectivity index (χ0v) is 13.6. The van der Waals surface area contributed by atoms with Crippen molar-refractivity contribution in [2.75, 3.05) is 11.4 Å². The van der Waals surface area contributed by atoms with E-state index in [1.807, 2.05) is 36.4 Å². The van der Waals surface area contributed by atoms with Crippen molar-refractivity contribution in [2.24, 2.45) is 0 Å². The molecule has 0 atom stereocenters. The molecule has 0 fully saturated rings. The van der Waals surface area contributed by atoms with Gasteiger partial charge in [-0.3, -0.25) is 0 Å². The highest BCUT2D eigenvalue weighted by Crippen LogP contribution is 2.45. The van der Waals surface area contributed by atoms with Crippen LogP contribution in [0.25, 0.3) is 17.2 Å². The molecule has 3 nitrogen and oxygen atoms in total. The van der Waals surface area contributed by atoms with Gasteiger partial charge in [-0.1, -0.05) is 42.1 Å². The van der Waals surface area contributed by atoms with E-state index in [4.69, 9.17) is 4.42 Å². The first kappa shape index (κ1) is 14.2. The molecule has 0 bridgehead atoms. The second-order valence-corrected chi connectivity index (χ2v) is 6.26. The van der Waals surface area contributed by atoms with Crippen molar-refractivity contribution in [3.63, 3.8) is 0 Å². The largest absolute Gasteiger partial charge is 0.437 e. The summed E-state index contributed by atoms with van der Waals surface area (Å²) in [6, 6.07) is 16.3. The fraction of sp³-hybridized carbons (Fsp3) is 0.105. The summed E-state index contributed by atoms with van der Waals surface area (Å²) in [4.78, 5) is 8.07. The Hall–Kier alpha value is -2.46. The maximum Gasteiger partial charge on any atom is 0.219 e. The molecular weight excluding hydrogens is 304 g/mol. The van der Waals surface area contributed by atoms with Gasteiger partial charge in [-0.2, -0.15) is 0 Å². The molecule has 0 unspecified atom stereocenters. The number of anilines is 1. The summed E-state index contributed by atoms with van der Waals surface area (Å²) in [5.41, 5.74) is 2.98. The van der Waals surface area contributed by atoms with Crippen molar-refractivity contribution in [3.8, 4) is 0 Å². The monoisotopic (exact) mass is 320 g/mol. The molecule has 0 aliphatic carbocycles. The molecule has 0 radical (unpaired) electrons. The Morgan fingerprint density at radius 2 is 1.96 bits per heavy atom. The van der Waals surface area contributed by atoms with Gasteiger partial charge in [-0.15, -0.1) is 0 Å². The molecule has 23 heavy (non-hydrogen) atoms. The quantitative estimate of drug-likeness (QED) is 0.653. The van der Waals surface area contributed by atoms with E-state index < -0.39 is 0 Å². The third kappa shape index (κ3) is 2.66.